The molecule has 6 heteroatoms. The van der Waals surface area contributed by atoms with Gasteiger partial charge in [-0.25, -0.2) is 4.98 Å². The highest BCUT2D eigenvalue weighted by Crippen LogP contribution is 2.12. The number of pyridine rings is 1. The molecule has 2 N–H and O–H groups in total. The van der Waals surface area contributed by atoms with Crippen LogP contribution in [-0.4, -0.2) is 40.9 Å². The molecular weight excluding hydrogens is 272 g/mol. The number of carbonyl (C=O) groups is 1. The van der Waals surface area contributed by atoms with E-state index in [0.717, 1.165) is 23.5 Å². The van der Waals surface area contributed by atoms with Gasteiger partial charge in [0, 0.05) is 43.7 Å². The molecule has 1 amide bonds. The van der Waals surface area contributed by atoms with Crippen LogP contribution in [0.15, 0.2) is 29.8 Å². The summed E-state index contributed by atoms with van der Waals surface area (Å²) in [4.78, 5) is 22.4. The lowest BCUT2D eigenvalue weighted by Crippen LogP contribution is -2.29. The van der Waals surface area contributed by atoms with E-state index in [4.69, 9.17) is 5.73 Å². The second kappa shape index (κ2) is 7.12. The first-order valence-electron chi connectivity index (χ1n) is 6.50. The van der Waals surface area contributed by atoms with Gasteiger partial charge in [0.25, 0.3) is 5.91 Å². The Morgan fingerprint density at radius 2 is 2.25 bits per heavy atom. The van der Waals surface area contributed by atoms with Crippen molar-refractivity contribution in [3.05, 3.63) is 46.2 Å². The highest BCUT2D eigenvalue weighted by atomic mass is 32.1. The summed E-state index contributed by atoms with van der Waals surface area (Å²) in [7, 11) is 1.78. The van der Waals surface area contributed by atoms with E-state index in [1.54, 1.807) is 23.5 Å². The Hall–Kier alpha value is -1.79. The number of thiazole rings is 1. The molecule has 0 radical (unpaired) electrons. The van der Waals surface area contributed by atoms with Gasteiger partial charge in [0.05, 0.1) is 5.01 Å². The summed E-state index contributed by atoms with van der Waals surface area (Å²) < 4.78 is 0. The minimum absolute atomic E-state index is 0.0551. The molecule has 0 aliphatic rings. The van der Waals surface area contributed by atoms with Gasteiger partial charge in [-0.1, -0.05) is 6.07 Å². The van der Waals surface area contributed by atoms with Crippen molar-refractivity contribution < 1.29 is 4.79 Å². The van der Waals surface area contributed by atoms with Crippen LogP contribution in [0.1, 0.15) is 21.2 Å². The molecule has 0 aliphatic carbocycles. The molecular formula is C14H18N4OS. The molecule has 106 valence electrons. The fourth-order valence-electron chi connectivity index (χ4n) is 1.77. The first-order valence-corrected chi connectivity index (χ1v) is 7.38. The van der Waals surface area contributed by atoms with Crippen molar-refractivity contribution in [2.75, 3.05) is 20.1 Å². The van der Waals surface area contributed by atoms with E-state index in [0.29, 0.717) is 18.8 Å². The Morgan fingerprint density at radius 3 is 2.95 bits per heavy atom. The SMILES string of the molecule is CN(CCc1ccccn1)C(=O)c1csc(CCN)n1. The highest BCUT2D eigenvalue weighted by molar-refractivity contribution is 7.09. The Balaban J connectivity index is 1.91. The fourth-order valence-corrected chi connectivity index (χ4v) is 2.56. The van der Waals surface area contributed by atoms with Gasteiger partial charge in [0.15, 0.2) is 0 Å². The molecule has 0 saturated carbocycles. The number of aromatic nitrogens is 2. The number of hydrogen-bond acceptors (Lipinski definition) is 5. The molecule has 0 fully saturated rings. The van der Waals surface area contributed by atoms with Gasteiger partial charge in [0.1, 0.15) is 5.69 Å². The van der Waals surface area contributed by atoms with E-state index in [2.05, 4.69) is 9.97 Å². The number of hydrogen-bond donors (Lipinski definition) is 1. The molecule has 2 heterocycles. The van der Waals surface area contributed by atoms with Crippen molar-refractivity contribution in [3.63, 3.8) is 0 Å². The molecule has 0 unspecified atom stereocenters. The summed E-state index contributed by atoms with van der Waals surface area (Å²) in [5.41, 5.74) is 6.96. The maximum absolute atomic E-state index is 12.2. The molecule has 0 spiro atoms. The van der Waals surface area contributed by atoms with Crippen LogP contribution in [0.2, 0.25) is 0 Å². The van der Waals surface area contributed by atoms with Crippen molar-refractivity contribution in [1.82, 2.24) is 14.9 Å². The molecule has 0 aromatic carbocycles. The Bertz CT molecular complexity index is 555. The average molecular weight is 290 g/mol. The van der Waals surface area contributed by atoms with Crippen molar-refractivity contribution in [2.45, 2.75) is 12.8 Å². The van der Waals surface area contributed by atoms with E-state index in [9.17, 15) is 4.79 Å². The molecule has 2 aromatic heterocycles. The van der Waals surface area contributed by atoms with Gasteiger partial charge in [0.2, 0.25) is 0 Å². The summed E-state index contributed by atoms with van der Waals surface area (Å²) in [5, 5.41) is 2.71. The maximum Gasteiger partial charge on any atom is 0.273 e. The van der Waals surface area contributed by atoms with Crippen molar-refractivity contribution in [3.8, 4) is 0 Å². The van der Waals surface area contributed by atoms with Crippen molar-refractivity contribution in [1.29, 1.82) is 0 Å². The number of nitrogens with zero attached hydrogens (tertiary/aromatic N) is 3. The van der Waals surface area contributed by atoms with Gasteiger partial charge in [-0.15, -0.1) is 11.3 Å². The first-order chi connectivity index (χ1) is 9.70. The van der Waals surface area contributed by atoms with Crippen molar-refractivity contribution in [2.24, 2.45) is 5.73 Å². The van der Waals surface area contributed by atoms with Crippen LogP contribution >= 0.6 is 11.3 Å². The zero-order valence-electron chi connectivity index (χ0n) is 11.5. The Morgan fingerprint density at radius 1 is 1.40 bits per heavy atom. The molecule has 5 nitrogen and oxygen atoms in total. The summed E-state index contributed by atoms with van der Waals surface area (Å²) >= 11 is 1.48. The molecule has 0 saturated heterocycles. The van der Waals surface area contributed by atoms with Crippen molar-refractivity contribution >= 4 is 17.2 Å². The quantitative estimate of drug-likeness (QED) is 0.872. The topological polar surface area (TPSA) is 72.1 Å². The summed E-state index contributed by atoms with van der Waals surface area (Å²) in [6.07, 6.45) is 3.22. The van der Waals surface area contributed by atoms with Crippen LogP contribution < -0.4 is 5.73 Å². The lowest BCUT2D eigenvalue weighted by molar-refractivity contribution is 0.0791. The van der Waals surface area contributed by atoms with Gasteiger partial charge in [-0.3, -0.25) is 9.78 Å². The predicted octanol–water partition coefficient (Wildman–Crippen LogP) is 1.35. The molecule has 0 bridgehead atoms. The average Bonchev–Trinajstić information content (AvgIpc) is 2.94. The standard InChI is InChI=1S/C14H18N4OS/c1-18(9-6-11-4-2-3-8-16-11)14(19)12-10-20-13(17-12)5-7-15/h2-4,8,10H,5-7,9,15H2,1H3. The smallest absolute Gasteiger partial charge is 0.273 e. The second-order valence-electron chi connectivity index (χ2n) is 4.46. The van der Waals surface area contributed by atoms with E-state index in [1.807, 2.05) is 18.2 Å². The van der Waals surface area contributed by atoms with Crippen LogP contribution in [0, 0.1) is 0 Å². The third-order valence-electron chi connectivity index (χ3n) is 2.91. The maximum atomic E-state index is 12.2. The third-order valence-corrected chi connectivity index (χ3v) is 3.81. The van der Waals surface area contributed by atoms with Crippen LogP contribution in [0.4, 0.5) is 0 Å². The monoisotopic (exact) mass is 290 g/mol. The summed E-state index contributed by atoms with van der Waals surface area (Å²) in [6.45, 7) is 1.18. The Labute approximate surface area is 122 Å². The first kappa shape index (κ1) is 14.6. The van der Waals surface area contributed by atoms with Gasteiger partial charge in [-0.05, 0) is 18.7 Å². The Kier molecular flexibility index (Phi) is 5.20. The molecule has 20 heavy (non-hydrogen) atoms. The fraction of sp³-hybridized carbons (Fsp3) is 0.357. The van der Waals surface area contributed by atoms with E-state index < -0.39 is 0 Å². The lowest BCUT2D eigenvalue weighted by atomic mass is 10.2. The molecule has 2 aromatic rings. The number of nitrogens with two attached hydrogens (primary N) is 1. The molecule has 2 rings (SSSR count). The van der Waals surface area contributed by atoms with Crippen LogP contribution in [0.3, 0.4) is 0 Å². The highest BCUT2D eigenvalue weighted by Gasteiger charge is 2.15. The van der Waals surface area contributed by atoms with Gasteiger partial charge in [-0.2, -0.15) is 0 Å². The van der Waals surface area contributed by atoms with Gasteiger partial charge < -0.3 is 10.6 Å². The number of amides is 1. The minimum Gasteiger partial charge on any atom is -0.340 e. The van der Waals surface area contributed by atoms with Crippen LogP contribution in [-0.2, 0) is 12.8 Å². The normalized spacial score (nSPS) is 10.5. The minimum atomic E-state index is -0.0551. The summed E-state index contributed by atoms with van der Waals surface area (Å²) in [6, 6.07) is 5.79. The lowest BCUT2D eigenvalue weighted by Gasteiger charge is -2.15. The zero-order valence-corrected chi connectivity index (χ0v) is 12.3. The second-order valence-corrected chi connectivity index (χ2v) is 5.41. The number of carbonyl (C=O) groups excluding carboxylic acids is 1. The number of rotatable bonds is 6. The molecule has 0 atom stereocenters. The van der Waals surface area contributed by atoms with E-state index in [-0.39, 0.29) is 5.91 Å². The third kappa shape index (κ3) is 3.85. The van der Waals surface area contributed by atoms with Crippen LogP contribution in [0.25, 0.3) is 0 Å². The largest absolute Gasteiger partial charge is 0.340 e. The van der Waals surface area contributed by atoms with Crippen LogP contribution in [0.5, 0.6) is 0 Å². The number of likely N-dealkylation sites (N-methyl/N-ethyl adjacent to an activating group) is 1. The summed E-state index contributed by atoms with van der Waals surface area (Å²) in [5.74, 6) is -0.0551. The van der Waals surface area contributed by atoms with E-state index in [1.165, 1.54) is 11.3 Å². The zero-order chi connectivity index (χ0) is 14.4. The van der Waals surface area contributed by atoms with E-state index >= 15 is 0 Å². The predicted molar refractivity (Wildman–Crippen MR) is 79.8 cm³/mol. The van der Waals surface area contributed by atoms with Gasteiger partial charge >= 0.3 is 0 Å². The molecule has 0 aliphatic heterocycles.